The molecule has 3 rings (SSSR count). The molecule has 0 spiro atoms. The molecule has 22 heavy (non-hydrogen) atoms. The van der Waals surface area contributed by atoms with Crippen molar-refractivity contribution in [3.8, 4) is 5.75 Å². The summed E-state index contributed by atoms with van der Waals surface area (Å²) in [6.45, 7) is 5.23. The van der Waals surface area contributed by atoms with Gasteiger partial charge in [0.05, 0.1) is 6.61 Å². The van der Waals surface area contributed by atoms with Crippen molar-refractivity contribution in [3.05, 3.63) is 41.9 Å². The summed E-state index contributed by atoms with van der Waals surface area (Å²) in [6.07, 6.45) is 1.57. The first-order valence-electron chi connectivity index (χ1n) is 7.26. The molecule has 0 bridgehead atoms. The van der Waals surface area contributed by atoms with Gasteiger partial charge in [-0.25, -0.2) is 18.1 Å². The predicted octanol–water partition coefficient (Wildman–Crippen LogP) is 1.67. The van der Waals surface area contributed by atoms with Crippen molar-refractivity contribution in [1.29, 1.82) is 0 Å². The number of rotatable bonds is 5. The highest BCUT2D eigenvalue weighted by Crippen LogP contribution is 2.33. The number of aromatic nitrogens is 2. The molecular weight excluding hydrogens is 302 g/mol. The Balaban J connectivity index is 1.73. The summed E-state index contributed by atoms with van der Waals surface area (Å²) in [5.41, 5.74) is 1.04. The maximum Gasteiger partial charge on any atom is 0.259 e. The number of benzene rings is 1. The normalized spacial score (nSPS) is 17.3. The number of ether oxygens (including phenoxy) is 1. The van der Waals surface area contributed by atoms with E-state index in [1.54, 1.807) is 13.1 Å². The molecule has 6 nitrogen and oxygen atoms in total. The molecular formula is C15H19N3O3S. The van der Waals surface area contributed by atoms with Gasteiger partial charge < -0.3 is 9.30 Å². The molecule has 0 amide bonds. The SMILES string of the molecule is CCn1cc(S(=O)(=O)NCC2COc3ccccc32)nc1C. The summed E-state index contributed by atoms with van der Waals surface area (Å²) in [4.78, 5) is 4.12. The molecule has 0 fully saturated rings. The van der Waals surface area contributed by atoms with Gasteiger partial charge in [0, 0.05) is 30.8 Å². The Kier molecular flexibility index (Phi) is 3.92. The van der Waals surface area contributed by atoms with E-state index in [9.17, 15) is 8.42 Å². The molecule has 0 saturated heterocycles. The number of hydrogen-bond acceptors (Lipinski definition) is 4. The van der Waals surface area contributed by atoms with Crippen LogP contribution in [0.25, 0.3) is 0 Å². The van der Waals surface area contributed by atoms with Gasteiger partial charge in [0.2, 0.25) is 0 Å². The van der Waals surface area contributed by atoms with Gasteiger partial charge in [-0.05, 0) is 19.9 Å². The minimum Gasteiger partial charge on any atom is -0.493 e. The van der Waals surface area contributed by atoms with E-state index in [-0.39, 0.29) is 10.9 Å². The number of sulfonamides is 1. The summed E-state index contributed by atoms with van der Waals surface area (Å²) in [6, 6.07) is 7.71. The van der Waals surface area contributed by atoms with Crippen LogP contribution in [0, 0.1) is 6.92 Å². The van der Waals surface area contributed by atoms with Gasteiger partial charge in [0.25, 0.3) is 10.0 Å². The van der Waals surface area contributed by atoms with Gasteiger partial charge >= 0.3 is 0 Å². The van der Waals surface area contributed by atoms with Crippen LogP contribution >= 0.6 is 0 Å². The minimum absolute atomic E-state index is 0.0281. The lowest BCUT2D eigenvalue weighted by Crippen LogP contribution is -2.29. The van der Waals surface area contributed by atoms with E-state index < -0.39 is 10.0 Å². The molecule has 1 N–H and O–H groups in total. The highest BCUT2D eigenvalue weighted by atomic mass is 32.2. The molecule has 7 heteroatoms. The van der Waals surface area contributed by atoms with Crippen molar-refractivity contribution in [1.82, 2.24) is 14.3 Å². The first kappa shape index (κ1) is 15.1. The fraction of sp³-hybridized carbons (Fsp3) is 0.400. The van der Waals surface area contributed by atoms with Crippen LogP contribution in [0.2, 0.25) is 0 Å². The van der Waals surface area contributed by atoms with Crippen LogP contribution in [0.1, 0.15) is 24.2 Å². The average Bonchev–Trinajstić information content (AvgIpc) is 3.09. The fourth-order valence-electron chi connectivity index (χ4n) is 2.61. The van der Waals surface area contributed by atoms with Gasteiger partial charge in [-0.15, -0.1) is 0 Å². The molecule has 0 aliphatic carbocycles. The Bertz CT molecular complexity index is 783. The van der Waals surface area contributed by atoms with E-state index in [0.29, 0.717) is 25.5 Å². The number of hydrogen-bond donors (Lipinski definition) is 1. The maximum atomic E-state index is 12.4. The summed E-state index contributed by atoms with van der Waals surface area (Å²) in [5, 5.41) is 0.0686. The summed E-state index contributed by atoms with van der Waals surface area (Å²) >= 11 is 0. The number of imidazole rings is 1. The van der Waals surface area contributed by atoms with Gasteiger partial charge in [-0.1, -0.05) is 18.2 Å². The standard InChI is InChI=1S/C15H19N3O3S/c1-3-18-9-15(17-11(18)2)22(19,20)16-8-12-10-21-14-7-5-4-6-13(12)14/h4-7,9,12,16H,3,8,10H2,1-2H3. The first-order valence-corrected chi connectivity index (χ1v) is 8.74. The Hall–Kier alpha value is -1.86. The van der Waals surface area contributed by atoms with Gasteiger partial charge in [0.15, 0.2) is 5.03 Å². The molecule has 1 aliphatic rings. The monoisotopic (exact) mass is 321 g/mol. The maximum absolute atomic E-state index is 12.4. The molecule has 1 atom stereocenters. The summed E-state index contributed by atoms with van der Waals surface area (Å²) in [7, 11) is -3.60. The van der Waals surface area contributed by atoms with Crippen LogP contribution in [0.3, 0.4) is 0 Å². The van der Waals surface area contributed by atoms with Crippen LogP contribution < -0.4 is 9.46 Å². The van der Waals surface area contributed by atoms with Crippen molar-refractivity contribution in [2.24, 2.45) is 0 Å². The van der Waals surface area contributed by atoms with E-state index in [2.05, 4.69) is 9.71 Å². The van der Waals surface area contributed by atoms with Crippen molar-refractivity contribution in [2.75, 3.05) is 13.2 Å². The van der Waals surface area contributed by atoms with Gasteiger partial charge in [-0.2, -0.15) is 0 Å². The van der Waals surface area contributed by atoms with Crippen molar-refractivity contribution < 1.29 is 13.2 Å². The number of aryl methyl sites for hydroxylation is 2. The van der Waals surface area contributed by atoms with Crippen LogP contribution in [0.4, 0.5) is 0 Å². The smallest absolute Gasteiger partial charge is 0.259 e. The third kappa shape index (κ3) is 2.74. The lowest BCUT2D eigenvalue weighted by atomic mass is 10.0. The number of fused-ring (bicyclic) bond motifs is 1. The minimum atomic E-state index is -3.60. The molecule has 118 valence electrons. The molecule has 0 saturated carbocycles. The second-order valence-corrected chi connectivity index (χ2v) is 7.02. The summed E-state index contributed by atoms with van der Waals surface area (Å²) in [5.74, 6) is 1.55. The summed E-state index contributed by atoms with van der Waals surface area (Å²) < 4.78 is 34.7. The zero-order valence-electron chi connectivity index (χ0n) is 12.6. The Morgan fingerprint density at radius 2 is 2.18 bits per heavy atom. The second-order valence-electron chi connectivity index (χ2n) is 5.31. The lowest BCUT2D eigenvalue weighted by molar-refractivity contribution is 0.330. The van der Waals surface area contributed by atoms with Gasteiger partial charge in [-0.3, -0.25) is 0 Å². The van der Waals surface area contributed by atoms with E-state index in [0.717, 1.165) is 11.3 Å². The second kappa shape index (κ2) is 5.73. The Morgan fingerprint density at radius 3 is 2.91 bits per heavy atom. The van der Waals surface area contributed by atoms with E-state index in [4.69, 9.17) is 4.74 Å². The fourth-order valence-corrected chi connectivity index (χ4v) is 3.70. The van der Waals surface area contributed by atoms with E-state index >= 15 is 0 Å². The molecule has 1 unspecified atom stereocenters. The predicted molar refractivity (Wildman–Crippen MR) is 82.5 cm³/mol. The largest absolute Gasteiger partial charge is 0.493 e. The van der Waals surface area contributed by atoms with E-state index in [1.807, 2.05) is 35.8 Å². The zero-order valence-corrected chi connectivity index (χ0v) is 13.4. The van der Waals surface area contributed by atoms with Crippen LogP contribution in [0.15, 0.2) is 35.5 Å². The lowest BCUT2D eigenvalue weighted by Gasteiger charge is -2.09. The zero-order chi connectivity index (χ0) is 15.7. The first-order chi connectivity index (χ1) is 10.5. The molecule has 1 aliphatic heterocycles. The number of nitrogens with one attached hydrogen (secondary N) is 1. The van der Waals surface area contributed by atoms with E-state index in [1.165, 1.54) is 0 Å². The third-order valence-corrected chi connectivity index (χ3v) is 5.18. The van der Waals surface area contributed by atoms with Gasteiger partial charge in [0.1, 0.15) is 11.6 Å². The Labute approximate surface area is 130 Å². The Morgan fingerprint density at radius 1 is 1.41 bits per heavy atom. The van der Waals surface area contributed by atoms with Crippen molar-refractivity contribution in [3.63, 3.8) is 0 Å². The quantitative estimate of drug-likeness (QED) is 0.909. The molecule has 2 aromatic rings. The molecule has 2 heterocycles. The number of para-hydroxylation sites is 1. The number of nitrogens with zero attached hydrogens (tertiary/aromatic N) is 2. The van der Waals surface area contributed by atoms with Crippen molar-refractivity contribution >= 4 is 10.0 Å². The molecule has 1 aromatic carbocycles. The third-order valence-electron chi connectivity index (χ3n) is 3.89. The highest BCUT2D eigenvalue weighted by Gasteiger charge is 2.26. The molecule has 1 aromatic heterocycles. The van der Waals surface area contributed by atoms with Crippen LogP contribution in [-0.2, 0) is 16.6 Å². The molecule has 0 radical (unpaired) electrons. The topological polar surface area (TPSA) is 73.2 Å². The van der Waals surface area contributed by atoms with Crippen molar-refractivity contribution in [2.45, 2.75) is 31.3 Å². The highest BCUT2D eigenvalue weighted by molar-refractivity contribution is 7.89. The van der Waals surface area contributed by atoms with Crippen LogP contribution in [-0.4, -0.2) is 31.1 Å². The van der Waals surface area contributed by atoms with Crippen LogP contribution in [0.5, 0.6) is 5.75 Å². The average molecular weight is 321 g/mol.